The van der Waals surface area contributed by atoms with Gasteiger partial charge in [0.15, 0.2) is 0 Å². The van der Waals surface area contributed by atoms with Crippen molar-refractivity contribution in [2.24, 2.45) is 0 Å². The van der Waals surface area contributed by atoms with Gasteiger partial charge in [-0.1, -0.05) is 23.3 Å². The van der Waals surface area contributed by atoms with Crippen LogP contribution in [0.2, 0.25) is 0 Å². The minimum absolute atomic E-state index is 0.0446. The normalized spacial score (nSPS) is 13.8. The first-order valence-corrected chi connectivity index (χ1v) is 12.8. The fourth-order valence-electron chi connectivity index (χ4n) is 4.48. The van der Waals surface area contributed by atoms with Crippen molar-refractivity contribution in [2.45, 2.75) is 32.9 Å². The van der Waals surface area contributed by atoms with Gasteiger partial charge in [0.05, 0.1) is 12.0 Å². The second-order valence-electron chi connectivity index (χ2n) is 9.79. The molecule has 0 aliphatic carbocycles. The maximum Gasteiger partial charge on any atom is 0.498 e. The first-order valence-electron chi connectivity index (χ1n) is 12.8. The van der Waals surface area contributed by atoms with Gasteiger partial charge in [0.2, 0.25) is 5.91 Å². The zero-order valence-electron chi connectivity index (χ0n) is 22.6. The molecule has 42 heavy (non-hydrogen) atoms. The Balaban J connectivity index is 1.51. The number of rotatable bonds is 7. The first kappa shape index (κ1) is 30.3. The summed E-state index contributed by atoms with van der Waals surface area (Å²) in [4.78, 5) is 56.9. The van der Waals surface area contributed by atoms with E-state index in [0.717, 1.165) is 6.07 Å². The molecule has 0 atom stereocenters. The smallest absolute Gasteiger partial charge is 0.339 e. The van der Waals surface area contributed by atoms with Crippen molar-refractivity contribution in [3.8, 4) is 0 Å². The largest absolute Gasteiger partial charge is 0.498 e. The molecule has 1 fully saturated rings. The van der Waals surface area contributed by atoms with E-state index in [1.165, 1.54) is 47.9 Å². The minimum Gasteiger partial charge on any atom is -0.339 e. The average Bonchev–Trinajstić information content (AvgIpc) is 2.93. The molecule has 222 valence electrons. The second kappa shape index (κ2) is 12.1. The van der Waals surface area contributed by atoms with Gasteiger partial charge in [0, 0.05) is 30.8 Å². The number of amides is 2. The number of carbonyl (C=O) groups excluding carboxylic acids is 3. The van der Waals surface area contributed by atoms with E-state index in [0.29, 0.717) is 23.4 Å². The van der Waals surface area contributed by atoms with Gasteiger partial charge in [-0.15, -0.1) is 0 Å². The summed E-state index contributed by atoms with van der Waals surface area (Å²) in [6.07, 6.45) is -5.17. The summed E-state index contributed by atoms with van der Waals surface area (Å²) in [5.74, 6) is -4.97. The third kappa shape index (κ3) is 6.81. The standard InChI is InChI=1S/C28H25F5N4O5/c1-16-17(2)25(39)34-37(42-27(41)28(31,32)33)23(16)14-19-6-7-22(30)21(13-19)26(40)36-11-10-35(24(38)15-36)9-8-18-4-3-5-20(29)12-18/h3-7,12-13H,8-11,14-15H2,1-2H3/p+1. The van der Waals surface area contributed by atoms with E-state index in [2.05, 4.69) is 4.84 Å². The van der Waals surface area contributed by atoms with Crippen molar-refractivity contribution in [2.75, 3.05) is 26.2 Å². The van der Waals surface area contributed by atoms with Gasteiger partial charge in [-0.3, -0.25) is 14.4 Å². The number of hydrogen-bond donors (Lipinski definition) is 1. The number of piperazine rings is 1. The number of benzene rings is 2. The number of hydrogen-bond acceptors (Lipinski definition) is 5. The zero-order chi connectivity index (χ0) is 30.8. The Morgan fingerprint density at radius 1 is 1.00 bits per heavy atom. The maximum absolute atomic E-state index is 14.8. The van der Waals surface area contributed by atoms with Gasteiger partial charge in [0.1, 0.15) is 23.0 Å². The maximum atomic E-state index is 14.8. The summed E-state index contributed by atoms with van der Waals surface area (Å²) in [6, 6.07) is 9.47. The summed E-state index contributed by atoms with van der Waals surface area (Å²) >= 11 is 0. The summed E-state index contributed by atoms with van der Waals surface area (Å²) in [6.45, 7) is 3.15. The third-order valence-corrected chi connectivity index (χ3v) is 6.99. The van der Waals surface area contributed by atoms with Crippen molar-refractivity contribution < 1.29 is 46.0 Å². The molecule has 1 aromatic heterocycles. The third-order valence-electron chi connectivity index (χ3n) is 6.99. The van der Waals surface area contributed by atoms with Crippen LogP contribution in [0.4, 0.5) is 22.0 Å². The highest BCUT2D eigenvalue weighted by Gasteiger charge is 2.46. The lowest BCUT2D eigenvalue weighted by molar-refractivity contribution is -0.921. The minimum atomic E-state index is -5.34. The topological polar surface area (TPSA) is 104 Å². The van der Waals surface area contributed by atoms with E-state index in [9.17, 15) is 41.1 Å². The van der Waals surface area contributed by atoms with Crippen molar-refractivity contribution >= 4 is 17.8 Å². The molecule has 4 rings (SSSR count). The number of aromatic amines is 1. The van der Waals surface area contributed by atoms with Crippen LogP contribution >= 0.6 is 0 Å². The molecule has 0 unspecified atom stereocenters. The van der Waals surface area contributed by atoms with E-state index in [1.54, 1.807) is 12.1 Å². The van der Waals surface area contributed by atoms with Crippen LogP contribution < -0.4 is 15.2 Å². The van der Waals surface area contributed by atoms with E-state index >= 15 is 0 Å². The lowest BCUT2D eigenvalue weighted by Gasteiger charge is -2.34. The van der Waals surface area contributed by atoms with Gasteiger partial charge in [0.25, 0.3) is 11.6 Å². The molecule has 14 heteroatoms. The quantitative estimate of drug-likeness (QED) is 0.334. The molecule has 0 saturated carbocycles. The van der Waals surface area contributed by atoms with Crippen molar-refractivity contribution in [1.29, 1.82) is 0 Å². The molecule has 1 aliphatic heterocycles. The Kier molecular flexibility index (Phi) is 8.73. The Morgan fingerprint density at radius 3 is 2.40 bits per heavy atom. The highest BCUT2D eigenvalue weighted by Crippen LogP contribution is 2.19. The molecule has 1 aliphatic rings. The number of H-pyrrole nitrogens is 1. The Hall–Kier alpha value is -4.62. The fourth-order valence-corrected chi connectivity index (χ4v) is 4.48. The molecule has 0 spiro atoms. The predicted octanol–water partition coefficient (Wildman–Crippen LogP) is 2.19. The lowest BCUT2D eigenvalue weighted by Crippen LogP contribution is -2.58. The summed E-state index contributed by atoms with van der Waals surface area (Å²) in [5, 5.41) is 2.05. The van der Waals surface area contributed by atoms with Crippen molar-refractivity contribution in [1.82, 2.24) is 14.9 Å². The number of halogens is 5. The van der Waals surface area contributed by atoms with Crippen LogP contribution in [0.15, 0.2) is 47.3 Å². The molecule has 1 saturated heterocycles. The lowest BCUT2D eigenvalue weighted by atomic mass is 10.0. The van der Waals surface area contributed by atoms with Gasteiger partial charge in [-0.2, -0.15) is 18.0 Å². The number of carbonyl (C=O) groups is 3. The predicted molar refractivity (Wildman–Crippen MR) is 136 cm³/mol. The van der Waals surface area contributed by atoms with E-state index < -0.39 is 29.4 Å². The first-order chi connectivity index (χ1) is 19.7. The summed E-state index contributed by atoms with van der Waals surface area (Å²) in [5.41, 5.74) is 0.125. The molecule has 2 amide bonds. The molecular formula is C28H26F5N4O5+. The second-order valence-corrected chi connectivity index (χ2v) is 9.79. The van der Waals surface area contributed by atoms with E-state index in [-0.39, 0.29) is 65.7 Å². The molecule has 0 radical (unpaired) electrons. The molecule has 2 heterocycles. The molecular weight excluding hydrogens is 567 g/mol. The summed E-state index contributed by atoms with van der Waals surface area (Å²) < 4.78 is 66.7. The van der Waals surface area contributed by atoms with Crippen LogP contribution in [0, 0.1) is 25.5 Å². The highest BCUT2D eigenvalue weighted by molar-refractivity contribution is 5.97. The Labute approximate surface area is 236 Å². The SMILES string of the molecule is Cc1c(C)c(=O)[nH][n+](OC(=O)C(F)(F)F)c1Cc1ccc(F)c(C(=O)N2CCN(CCc3cccc(F)c3)C(=O)C2)c1. The molecule has 2 aromatic carbocycles. The van der Waals surface area contributed by atoms with Crippen LogP contribution in [0.5, 0.6) is 0 Å². The van der Waals surface area contributed by atoms with Crippen LogP contribution in [0.1, 0.15) is 38.3 Å². The average molecular weight is 594 g/mol. The van der Waals surface area contributed by atoms with Gasteiger partial charge >= 0.3 is 17.7 Å². The Bertz CT molecular complexity index is 1600. The van der Waals surface area contributed by atoms with Crippen LogP contribution in [-0.4, -0.2) is 65.0 Å². The van der Waals surface area contributed by atoms with Crippen molar-refractivity contribution in [3.63, 3.8) is 0 Å². The van der Waals surface area contributed by atoms with E-state index in [1.807, 2.05) is 5.10 Å². The molecule has 9 nitrogen and oxygen atoms in total. The number of nitrogens with zero attached hydrogens (tertiary/aromatic N) is 3. The van der Waals surface area contributed by atoms with Crippen LogP contribution in [-0.2, 0) is 22.4 Å². The van der Waals surface area contributed by atoms with Crippen LogP contribution in [0.3, 0.4) is 0 Å². The number of alkyl halides is 3. The monoisotopic (exact) mass is 593 g/mol. The number of aromatic nitrogens is 2. The van der Waals surface area contributed by atoms with Crippen molar-refractivity contribution in [3.05, 3.63) is 98.0 Å². The van der Waals surface area contributed by atoms with Crippen LogP contribution in [0.25, 0.3) is 0 Å². The van der Waals surface area contributed by atoms with E-state index in [4.69, 9.17) is 0 Å². The number of nitrogens with one attached hydrogen (secondary N) is 1. The summed E-state index contributed by atoms with van der Waals surface area (Å²) in [7, 11) is 0. The molecule has 1 N–H and O–H groups in total. The molecule has 0 bridgehead atoms. The van der Waals surface area contributed by atoms with Gasteiger partial charge in [-0.05, 0) is 55.7 Å². The van der Waals surface area contributed by atoms with Gasteiger partial charge < -0.3 is 9.80 Å². The fraction of sp³-hybridized carbons (Fsp3) is 0.321. The van der Waals surface area contributed by atoms with Gasteiger partial charge in [-0.25, -0.2) is 13.6 Å². The Morgan fingerprint density at radius 2 is 1.74 bits per heavy atom. The zero-order valence-corrected chi connectivity index (χ0v) is 22.6. The highest BCUT2D eigenvalue weighted by atomic mass is 19.4. The molecule has 3 aromatic rings.